The van der Waals surface area contributed by atoms with E-state index >= 15 is 0 Å². The van der Waals surface area contributed by atoms with Crippen LogP contribution in [-0.2, 0) is 14.9 Å². The number of H-pyrrole nitrogens is 1. The monoisotopic (exact) mass is 446 g/mol. The predicted molar refractivity (Wildman–Crippen MR) is 127 cm³/mol. The molecule has 2 aromatic rings. The summed E-state index contributed by atoms with van der Waals surface area (Å²) in [6, 6.07) is 5.76. The van der Waals surface area contributed by atoms with E-state index in [4.69, 9.17) is 16.9 Å². The lowest BCUT2D eigenvalue weighted by atomic mass is 9.72. The highest BCUT2D eigenvalue weighted by Crippen LogP contribution is 2.42. The number of nitrogens with two attached hydrogens (primary N) is 1. The second-order valence-corrected chi connectivity index (χ2v) is 9.66. The molecule has 4 rings (SSSR count). The van der Waals surface area contributed by atoms with Gasteiger partial charge in [-0.05, 0) is 60.8 Å². The molecule has 1 fully saturated rings. The summed E-state index contributed by atoms with van der Waals surface area (Å²) in [4.78, 5) is 32.3. The number of aromatic amines is 1. The van der Waals surface area contributed by atoms with Crippen molar-refractivity contribution < 1.29 is 14.3 Å². The summed E-state index contributed by atoms with van der Waals surface area (Å²) in [7, 11) is 0. The third kappa shape index (κ3) is 4.57. The van der Waals surface area contributed by atoms with Gasteiger partial charge in [-0.25, -0.2) is 4.98 Å². The second-order valence-electron chi connectivity index (χ2n) is 9.66. The topological polar surface area (TPSA) is 110 Å². The Morgan fingerprint density at radius 3 is 2.61 bits per heavy atom. The molecule has 4 N–H and O–H groups in total. The van der Waals surface area contributed by atoms with E-state index in [-0.39, 0.29) is 23.1 Å². The number of imidazole rings is 1. The maximum atomic E-state index is 12.9. The van der Waals surface area contributed by atoms with Gasteiger partial charge in [-0.1, -0.05) is 31.9 Å². The third-order valence-corrected chi connectivity index (χ3v) is 6.90. The lowest BCUT2D eigenvalue weighted by Crippen LogP contribution is -2.45. The van der Waals surface area contributed by atoms with Crippen LogP contribution in [0.4, 0.5) is 5.69 Å². The van der Waals surface area contributed by atoms with E-state index < -0.39 is 5.41 Å². The zero-order chi connectivity index (χ0) is 23.6. The van der Waals surface area contributed by atoms with E-state index in [2.05, 4.69) is 41.1 Å². The summed E-state index contributed by atoms with van der Waals surface area (Å²) in [6.07, 6.45) is 13.0. The fourth-order valence-corrected chi connectivity index (χ4v) is 4.63. The molecule has 1 aromatic heterocycles. The van der Waals surface area contributed by atoms with Crippen LogP contribution in [0.3, 0.4) is 0 Å². The molecule has 0 atom stereocenters. The molecule has 0 spiro atoms. The Labute approximate surface area is 194 Å². The fourth-order valence-electron chi connectivity index (χ4n) is 4.63. The van der Waals surface area contributed by atoms with Crippen LogP contribution in [0.5, 0.6) is 0 Å². The highest BCUT2D eigenvalue weighted by atomic mass is 16.5. The number of benzene rings is 1. The number of allylic oxidation sites excluding steroid dienone is 2. The Kier molecular flexibility index (Phi) is 6.13. The Morgan fingerprint density at radius 1 is 1.24 bits per heavy atom. The lowest BCUT2D eigenvalue weighted by molar-refractivity contribution is -0.127. The molecule has 0 bridgehead atoms. The molecule has 0 unspecified atom stereocenters. The molecule has 2 heterocycles. The molecule has 0 saturated carbocycles. The molecule has 7 nitrogen and oxygen atoms in total. The van der Waals surface area contributed by atoms with Crippen LogP contribution in [0.2, 0.25) is 0 Å². The summed E-state index contributed by atoms with van der Waals surface area (Å²) >= 11 is 0. The van der Waals surface area contributed by atoms with Crippen LogP contribution in [0.15, 0.2) is 30.5 Å². The zero-order valence-electron chi connectivity index (χ0n) is 19.2. The van der Waals surface area contributed by atoms with Crippen LogP contribution in [0, 0.1) is 17.8 Å². The number of nitrogens with one attached hydrogen (secondary N) is 2. The Balaban J connectivity index is 1.74. The van der Waals surface area contributed by atoms with Crippen LogP contribution in [-0.4, -0.2) is 35.0 Å². The molecule has 0 radical (unpaired) electrons. The molecule has 1 aliphatic carbocycles. The van der Waals surface area contributed by atoms with Crippen molar-refractivity contribution in [3.05, 3.63) is 53.1 Å². The highest BCUT2D eigenvalue weighted by molar-refractivity contribution is 6.03. The average Bonchev–Trinajstić information content (AvgIpc) is 3.29. The Morgan fingerprint density at radius 2 is 2.00 bits per heavy atom. The first-order valence-electron chi connectivity index (χ1n) is 11.3. The number of ether oxygens (including phenoxy) is 1. The van der Waals surface area contributed by atoms with Gasteiger partial charge in [0.25, 0.3) is 5.91 Å². The normalized spacial score (nSPS) is 19.2. The van der Waals surface area contributed by atoms with E-state index in [0.29, 0.717) is 37.4 Å². The van der Waals surface area contributed by atoms with Gasteiger partial charge in [0.2, 0.25) is 5.91 Å². The van der Waals surface area contributed by atoms with Crippen LogP contribution >= 0.6 is 0 Å². The molecule has 172 valence electrons. The first-order chi connectivity index (χ1) is 15.7. The first kappa shape index (κ1) is 22.8. The number of nitrogens with zero attached hydrogens (tertiary/aromatic N) is 1. The SMILES string of the molecule is C#Cc1cnc(C(=O)Nc2ccc(C3(C(N)=O)CCOCC3)cc2C2=CCC(C)(C)CC2)[nH]1. The maximum absolute atomic E-state index is 12.9. The van der Waals surface area contributed by atoms with Gasteiger partial charge in [0, 0.05) is 24.5 Å². The van der Waals surface area contributed by atoms with Crippen molar-refractivity contribution in [3.8, 4) is 12.3 Å². The summed E-state index contributed by atoms with van der Waals surface area (Å²) in [5.41, 5.74) is 9.40. The molecule has 2 amide bonds. The first-order valence-corrected chi connectivity index (χ1v) is 11.3. The van der Waals surface area contributed by atoms with Crippen molar-refractivity contribution in [2.24, 2.45) is 11.1 Å². The van der Waals surface area contributed by atoms with Gasteiger partial charge in [-0.15, -0.1) is 6.42 Å². The third-order valence-electron chi connectivity index (χ3n) is 6.90. The van der Waals surface area contributed by atoms with Crippen molar-refractivity contribution in [2.75, 3.05) is 18.5 Å². The molecular weight excluding hydrogens is 416 g/mol. The summed E-state index contributed by atoms with van der Waals surface area (Å²) in [5, 5.41) is 2.97. The number of hydrogen-bond donors (Lipinski definition) is 3. The number of aromatic nitrogens is 2. The standard InChI is InChI=1S/C26H30N4O3/c1-4-19-16-28-22(29-19)23(31)30-21-6-5-18(26(24(27)32)11-13-33-14-12-26)15-20(21)17-7-9-25(2,3)10-8-17/h1,5-7,15-16H,8-14H2,2-3H3,(H2,27,32)(H,28,29)(H,30,31). The average molecular weight is 447 g/mol. The Hall–Kier alpha value is -3.37. The van der Waals surface area contributed by atoms with Gasteiger partial charge in [0.1, 0.15) is 5.69 Å². The lowest BCUT2D eigenvalue weighted by Gasteiger charge is -2.35. The van der Waals surface area contributed by atoms with E-state index in [1.54, 1.807) is 0 Å². The molecule has 1 aromatic carbocycles. The van der Waals surface area contributed by atoms with E-state index in [9.17, 15) is 9.59 Å². The number of anilines is 1. The largest absolute Gasteiger partial charge is 0.381 e. The highest BCUT2D eigenvalue weighted by Gasteiger charge is 2.40. The van der Waals surface area contributed by atoms with Crippen LogP contribution in [0.1, 0.15) is 73.4 Å². The van der Waals surface area contributed by atoms with E-state index in [0.717, 1.165) is 36.0 Å². The van der Waals surface area contributed by atoms with Gasteiger partial charge >= 0.3 is 0 Å². The number of terminal acetylenes is 1. The van der Waals surface area contributed by atoms with Gasteiger partial charge < -0.3 is 20.8 Å². The minimum atomic E-state index is -0.771. The minimum absolute atomic E-state index is 0.148. The molecular formula is C26H30N4O3. The van der Waals surface area contributed by atoms with Crippen molar-refractivity contribution in [2.45, 2.75) is 51.4 Å². The molecule has 1 aliphatic heterocycles. The van der Waals surface area contributed by atoms with Crippen molar-refractivity contribution in [1.82, 2.24) is 9.97 Å². The number of carbonyl (C=O) groups excluding carboxylic acids is 2. The molecule has 2 aliphatic rings. The van der Waals surface area contributed by atoms with Crippen molar-refractivity contribution in [3.63, 3.8) is 0 Å². The summed E-state index contributed by atoms with van der Waals surface area (Å²) < 4.78 is 5.50. The predicted octanol–water partition coefficient (Wildman–Crippen LogP) is 3.77. The van der Waals surface area contributed by atoms with E-state index in [1.807, 2.05) is 18.2 Å². The summed E-state index contributed by atoms with van der Waals surface area (Å²) in [6.45, 7) is 5.49. The van der Waals surface area contributed by atoms with E-state index in [1.165, 1.54) is 6.20 Å². The Bertz CT molecular complexity index is 1150. The minimum Gasteiger partial charge on any atom is -0.381 e. The van der Waals surface area contributed by atoms with Gasteiger partial charge in [-0.2, -0.15) is 0 Å². The molecule has 7 heteroatoms. The number of carbonyl (C=O) groups is 2. The molecule has 33 heavy (non-hydrogen) atoms. The summed E-state index contributed by atoms with van der Waals surface area (Å²) in [5.74, 6) is 1.86. The van der Waals surface area contributed by atoms with Crippen LogP contribution in [0.25, 0.3) is 5.57 Å². The quantitative estimate of drug-likeness (QED) is 0.607. The number of rotatable bonds is 5. The van der Waals surface area contributed by atoms with Crippen molar-refractivity contribution in [1.29, 1.82) is 0 Å². The van der Waals surface area contributed by atoms with Gasteiger partial charge in [0.05, 0.1) is 11.6 Å². The number of primary amides is 1. The number of amides is 2. The van der Waals surface area contributed by atoms with Gasteiger partial charge in [-0.3, -0.25) is 9.59 Å². The molecule has 1 saturated heterocycles. The smallest absolute Gasteiger partial charge is 0.291 e. The maximum Gasteiger partial charge on any atom is 0.291 e. The second kappa shape index (κ2) is 8.87. The van der Waals surface area contributed by atoms with Gasteiger partial charge in [0.15, 0.2) is 5.82 Å². The number of hydrogen-bond acceptors (Lipinski definition) is 4. The van der Waals surface area contributed by atoms with Crippen LogP contribution < -0.4 is 11.1 Å². The van der Waals surface area contributed by atoms with Crippen molar-refractivity contribution >= 4 is 23.1 Å². The zero-order valence-corrected chi connectivity index (χ0v) is 19.2. The fraction of sp³-hybridized carbons (Fsp3) is 0.423.